The van der Waals surface area contributed by atoms with Crippen molar-refractivity contribution in [3.05, 3.63) is 34.4 Å². The Morgan fingerprint density at radius 1 is 1.41 bits per heavy atom. The topological polar surface area (TPSA) is 99.2 Å². The number of amides is 1. The molecule has 1 aliphatic carbocycles. The van der Waals surface area contributed by atoms with Crippen LogP contribution >= 0.6 is 23.1 Å². The van der Waals surface area contributed by atoms with Gasteiger partial charge in [0.1, 0.15) is 5.00 Å². The maximum absolute atomic E-state index is 12.8. The smallest absolute Gasteiger partial charge is 0.341 e. The van der Waals surface area contributed by atoms with Gasteiger partial charge in [-0.2, -0.15) is 0 Å². The van der Waals surface area contributed by atoms with E-state index in [0.717, 1.165) is 29.7 Å². The van der Waals surface area contributed by atoms with E-state index in [4.69, 9.17) is 9.15 Å². The molecule has 1 unspecified atom stereocenters. The average Bonchev–Trinajstić information content (AvgIpc) is 3.49. The molecule has 0 saturated carbocycles. The van der Waals surface area contributed by atoms with E-state index >= 15 is 0 Å². The molecule has 0 bridgehead atoms. The number of nitrogens with zero attached hydrogens (tertiary/aromatic N) is 3. The first kappa shape index (κ1) is 22.6. The largest absolute Gasteiger partial charge is 0.465 e. The Balaban J connectivity index is 1.50. The van der Waals surface area contributed by atoms with Gasteiger partial charge in [0.2, 0.25) is 11.7 Å². The third-order valence-corrected chi connectivity index (χ3v) is 7.52. The van der Waals surface area contributed by atoms with Crippen LogP contribution in [0.15, 0.2) is 28.0 Å². The lowest BCUT2D eigenvalue weighted by molar-refractivity contribution is -0.113. The first-order chi connectivity index (χ1) is 15.4. The number of methoxy groups -OCH3 is 1. The zero-order valence-corrected chi connectivity index (χ0v) is 20.1. The van der Waals surface area contributed by atoms with Crippen molar-refractivity contribution < 1.29 is 18.7 Å². The number of thiophene rings is 1. The molecule has 8 nitrogen and oxygen atoms in total. The third-order valence-electron chi connectivity index (χ3n) is 5.41. The van der Waals surface area contributed by atoms with Gasteiger partial charge in [0.15, 0.2) is 10.9 Å². The van der Waals surface area contributed by atoms with Crippen LogP contribution in [-0.4, -0.2) is 39.5 Å². The molecule has 10 heteroatoms. The molecule has 32 heavy (non-hydrogen) atoms. The molecule has 0 radical (unpaired) electrons. The number of fused-ring (bicyclic) bond motifs is 1. The van der Waals surface area contributed by atoms with Crippen molar-refractivity contribution in [1.82, 2.24) is 14.8 Å². The van der Waals surface area contributed by atoms with Crippen LogP contribution in [0.4, 0.5) is 5.00 Å². The van der Waals surface area contributed by atoms with E-state index < -0.39 is 5.97 Å². The van der Waals surface area contributed by atoms with Crippen LogP contribution in [0, 0.1) is 5.92 Å². The molecule has 3 aromatic rings. The third kappa shape index (κ3) is 4.47. The van der Waals surface area contributed by atoms with E-state index in [1.54, 1.807) is 12.3 Å². The summed E-state index contributed by atoms with van der Waals surface area (Å²) in [5.74, 6) is 1.36. The number of nitrogens with one attached hydrogen (secondary N) is 1. The van der Waals surface area contributed by atoms with Crippen LogP contribution in [0.3, 0.4) is 0 Å². The highest BCUT2D eigenvalue weighted by molar-refractivity contribution is 7.99. The second kappa shape index (κ2) is 9.50. The van der Waals surface area contributed by atoms with Gasteiger partial charge in [-0.1, -0.05) is 18.7 Å². The van der Waals surface area contributed by atoms with Gasteiger partial charge in [0.05, 0.1) is 24.7 Å². The molecule has 170 valence electrons. The Hall–Kier alpha value is -2.59. The number of thioether (sulfide) groups is 1. The number of anilines is 1. The van der Waals surface area contributed by atoms with Crippen LogP contribution in [0.5, 0.6) is 0 Å². The summed E-state index contributed by atoms with van der Waals surface area (Å²) in [4.78, 5) is 26.4. The van der Waals surface area contributed by atoms with Gasteiger partial charge in [-0.25, -0.2) is 4.79 Å². The molecule has 0 saturated heterocycles. The van der Waals surface area contributed by atoms with Crippen molar-refractivity contribution in [3.8, 4) is 11.6 Å². The summed E-state index contributed by atoms with van der Waals surface area (Å²) < 4.78 is 12.4. The number of hydrogen-bond acceptors (Lipinski definition) is 8. The number of esters is 1. The summed E-state index contributed by atoms with van der Waals surface area (Å²) in [5, 5.41) is 12.6. The van der Waals surface area contributed by atoms with Gasteiger partial charge in [-0.15, -0.1) is 21.5 Å². The standard InChI is InChI=1S/C22H26N4O4S2/c1-12(2)26-19(15-6-5-9-30-15)24-25-22(26)31-11-17(27)23-20-18(21(28)29-4)14-8-7-13(3)10-16(14)32-20/h5-6,9,12-13H,7-8,10-11H2,1-4H3,(H,23,27). The maximum Gasteiger partial charge on any atom is 0.341 e. The highest BCUT2D eigenvalue weighted by atomic mass is 32.2. The lowest BCUT2D eigenvalue weighted by atomic mass is 9.88. The molecule has 3 aromatic heterocycles. The zero-order valence-electron chi connectivity index (χ0n) is 18.5. The van der Waals surface area contributed by atoms with Crippen LogP contribution < -0.4 is 5.32 Å². The van der Waals surface area contributed by atoms with Crippen molar-refractivity contribution in [1.29, 1.82) is 0 Å². The van der Waals surface area contributed by atoms with E-state index in [1.165, 1.54) is 30.2 Å². The minimum atomic E-state index is -0.400. The summed E-state index contributed by atoms with van der Waals surface area (Å²) in [6.45, 7) is 6.26. The Labute approximate surface area is 194 Å². The van der Waals surface area contributed by atoms with Gasteiger partial charge in [-0.05, 0) is 56.7 Å². The molecule has 4 rings (SSSR count). The lowest BCUT2D eigenvalue weighted by Crippen LogP contribution is -2.17. The highest BCUT2D eigenvalue weighted by Gasteiger charge is 2.29. The van der Waals surface area contributed by atoms with E-state index in [1.807, 2.05) is 24.5 Å². The number of carbonyl (C=O) groups excluding carboxylic acids is 2. The number of furan rings is 1. The van der Waals surface area contributed by atoms with Crippen LogP contribution in [-0.2, 0) is 22.4 Å². The predicted molar refractivity (Wildman–Crippen MR) is 124 cm³/mol. The molecule has 1 atom stereocenters. The molecule has 1 amide bonds. The minimum absolute atomic E-state index is 0.0904. The van der Waals surface area contributed by atoms with E-state index in [0.29, 0.717) is 33.2 Å². The molecule has 1 aliphatic rings. The molecule has 0 fully saturated rings. The molecule has 0 spiro atoms. The van der Waals surface area contributed by atoms with Crippen molar-refractivity contribution in [3.63, 3.8) is 0 Å². The fraction of sp³-hybridized carbons (Fsp3) is 0.455. The van der Waals surface area contributed by atoms with E-state index in [-0.39, 0.29) is 17.7 Å². The number of hydrogen-bond donors (Lipinski definition) is 1. The number of rotatable bonds is 7. The van der Waals surface area contributed by atoms with Crippen molar-refractivity contribution in [2.75, 3.05) is 18.2 Å². The monoisotopic (exact) mass is 474 g/mol. The second-order valence-corrected chi connectivity index (χ2v) is 10.2. The summed E-state index contributed by atoms with van der Waals surface area (Å²) in [6.07, 6.45) is 4.37. The van der Waals surface area contributed by atoms with Crippen LogP contribution in [0.2, 0.25) is 0 Å². The van der Waals surface area contributed by atoms with Crippen molar-refractivity contribution >= 4 is 40.0 Å². The summed E-state index contributed by atoms with van der Waals surface area (Å²) >= 11 is 2.78. The van der Waals surface area contributed by atoms with Crippen LogP contribution in [0.1, 0.15) is 54.0 Å². The number of ether oxygens (including phenoxy) is 1. The summed E-state index contributed by atoms with van der Waals surface area (Å²) in [7, 11) is 1.37. The first-order valence-corrected chi connectivity index (χ1v) is 12.3. The predicted octanol–water partition coefficient (Wildman–Crippen LogP) is 4.82. The molecule has 1 N–H and O–H groups in total. The van der Waals surface area contributed by atoms with Gasteiger partial charge < -0.3 is 14.5 Å². The first-order valence-electron chi connectivity index (χ1n) is 10.5. The van der Waals surface area contributed by atoms with Crippen molar-refractivity contribution in [2.24, 2.45) is 5.92 Å². The quantitative estimate of drug-likeness (QED) is 0.387. The molecule has 0 aromatic carbocycles. The normalized spacial score (nSPS) is 15.6. The fourth-order valence-corrected chi connectivity index (χ4v) is 6.15. The molecular formula is C22H26N4O4S2. The van der Waals surface area contributed by atoms with E-state index in [9.17, 15) is 9.59 Å². The van der Waals surface area contributed by atoms with Gasteiger partial charge in [-0.3, -0.25) is 9.36 Å². The fourth-order valence-electron chi connectivity index (χ4n) is 3.86. The number of carbonyl (C=O) groups is 2. The maximum atomic E-state index is 12.8. The minimum Gasteiger partial charge on any atom is -0.465 e. The van der Waals surface area contributed by atoms with Gasteiger partial charge >= 0.3 is 5.97 Å². The van der Waals surface area contributed by atoms with E-state index in [2.05, 4.69) is 22.4 Å². The average molecular weight is 475 g/mol. The van der Waals surface area contributed by atoms with Gasteiger partial charge in [0, 0.05) is 10.9 Å². The molecule has 0 aliphatic heterocycles. The molecule has 3 heterocycles. The summed E-state index contributed by atoms with van der Waals surface area (Å²) in [5.41, 5.74) is 1.52. The van der Waals surface area contributed by atoms with Gasteiger partial charge in [0.25, 0.3) is 0 Å². The number of aromatic nitrogens is 3. The van der Waals surface area contributed by atoms with Crippen LogP contribution in [0.25, 0.3) is 11.6 Å². The lowest BCUT2D eigenvalue weighted by Gasteiger charge is -2.18. The Bertz CT molecular complexity index is 1120. The Morgan fingerprint density at radius 2 is 2.22 bits per heavy atom. The zero-order chi connectivity index (χ0) is 22.8. The Kier molecular flexibility index (Phi) is 6.71. The molecular weight excluding hydrogens is 448 g/mol. The SMILES string of the molecule is COC(=O)c1c(NC(=O)CSc2nnc(-c3ccco3)n2C(C)C)sc2c1CCC(C)C2. The Morgan fingerprint density at radius 3 is 2.91 bits per heavy atom. The van der Waals surface area contributed by atoms with Crippen molar-refractivity contribution in [2.45, 2.75) is 51.2 Å². The highest BCUT2D eigenvalue weighted by Crippen LogP contribution is 2.40. The summed E-state index contributed by atoms with van der Waals surface area (Å²) in [6, 6.07) is 3.72. The second-order valence-electron chi connectivity index (χ2n) is 8.13.